The Morgan fingerprint density at radius 2 is 2.35 bits per heavy atom. The average Bonchev–Trinajstić information content (AvgIpc) is 3.23. The Bertz CT molecular complexity index is 524. The van der Waals surface area contributed by atoms with Crippen molar-refractivity contribution in [3.8, 4) is 0 Å². The Hall–Kier alpha value is -0.830. The predicted molar refractivity (Wildman–Crippen MR) is 102 cm³/mol. The van der Waals surface area contributed by atoms with E-state index in [1.807, 2.05) is 25.0 Å². The molecule has 1 N–H and O–H groups in total. The highest BCUT2D eigenvalue weighted by Crippen LogP contribution is 2.38. The molecule has 1 spiro atoms. The van der Waals surface area contributed by atoms with Gasteiger partial charge in [-0.15, -0.1) is 24.0 Å². The summed E-state index contributed by atoms with van der Waals surface area (Å²) in [6.45, 7) is 4.95. The highest BCUT2D eigenvalue weighted by atomic mass is 127. The molecule has 0 aromatic carbocycles. The highest BCUT2D eigenvalue weighted by Gasteiger charge is 2.42. The van der Waals surface area contributed by atoms with Crippen LogP contribution < -0.4 is 5.32 Å². The lowest BCUT2D eigenvalue weighted by Crippen LogP contribution is -2.41. The molecule has 0 aliphatic carbocycles. The summed E-state index contributed by atoms with van der Waals surface area (Å²) in [5.74, 6) is 1.04. The van der Waals surface area contributed by atoms with E-state index in [1.54, 1.807) is 0 Å². The van der Waals surface area contributed by atoms with E-state index in [0.29, 0.717) is 5.41 Å². The van der Waals surface area contributed by atoms with E-state index >= 15 is 0 Å². The third-order valence-electron chi connectivity index (χ3n) is 4.82. The van der Waals surface area contributed by atoms with Crippen LogP contribution in [-0.2, 0) is 18.2 Å². The molecule has 1 aromatic heterocycles. The van der Waals surface area contributed by atoms with E-state index in [2.05, 4.69) is 26.5 Å². The van der Waals surface area contributed by atoms with Crippen LogP contribution in [0.3, 0.4) is 0 Å². The van der Waals surface area contributed by atoms with Crippen LogP contribution in [0, 0.1) is 5.41 Å². The van der Waals surface area contributed by atoms with Crippen LogP contribution in [0.2, 0.25) is 0 Å². The lowest BCUT2D eigenvalue weighted by molar-refractivity contribution is 0.156. The number of nitrogens with zero attached hydrogens (tertiary/aromatic N) is 4. The van der Waals surface area contributed by atoms with Gasteiger partial charge >= 0.3 is 0 Å². The first-order chi connectivity index (χ1) is 10.7. The second-order valence-corrected chi connectivity index (χ2v) is 6.57. The van der Waals surface area contributed by atoms with Crippen molar-refractivity contribution in [1.29, 1.82) is 0 Å². The first kappa shape index (κ1) is 18.5. The van der Waals surface area contributed by atoms with Gasteiger partial charge in [-0.25, -0.2) is 0 Å². The van der Waals surface area contributed by atoms with Gasteiger partial charge in [-0.1, -0.05) is 0 Å². The summed E-state index contributed by atoms with van der Waals surface area (Å²) in [6, 6.07) is 0. The van der Waals surface area contributed by atoms with Crippen molar-refractivity contribution in [2.75, 3.05) is 39.9 Å². The molecular formula is C16H28IN5O. The molecule has 2 saturated heterocycles. The first-order valence-electron chi connectivity index (χ1n) is 8.22. The fourth-order valence-corrected chi connectivity index (χ4v) is 3.51. The second kappa shape index (κ2) is 8.32. The highest BCUT2D eigenvalue weighted by molar-refractivity contribution is 14.0. The smallest absolute Gasteiger partial charge is 0.193 e. The number of aliphatic imine (C=N–C) groups is 1. The van der Waals surface area contributed by atoms with Crippen molar-refractivity contribution in [3.63, 3.8) is 0 Å². The van der Waals surface area contributed by atoms with E-state index in [1.165, 1.54) is 18.4 Å². The SMILES string of the molecule is CN=C(NCCCc1cnn(C)c1)N1CCC2(CCOC2)C1.I. The molecule has 0 radical (unpaired) electrons. The molecule has 130 valence electrons. The number of guanidine groups is 1. The summed E-state index contributed by atoms with van der Waals surface area (Å²) >= 11 is 0. The maximum absolute atomic E-state index is 5.60. The van der Waals surface area contributed by atoms with Crippen LogP contribution in [-0.4, -0.2) is 60.5 Å². The zero-order valence-corrected chi connectivity index (χ0v) is 16.5. The van der Waals surface area contributed by atoms with Gasteiger partial charge in [-0.05, 0) is 31.2 Å². The minimum atomic E-state index is 0. The van der Waals surface area contributed by atoms with E-state index in [-0.39, 0.29) is 24.0 Å². The van der Waals surface area contributed by atoms with Crippen molar-refractivity contribution in [1.82, 2.24) is 20.0 Å². The molecule has 2 aliphatic heterocycles. The zero-order chi connectivity index (χ0) is 15.4. The number of likely N-dealkylation sites (tertiary alicyclic amines) is 1. The summed E-state index contributed by atoms with van der Waals surface area (Å²) in [5.41, 5.74) is 1.68. The van der Waals surface area contributed by atoms with E-state index in [0.717, 1.165) is 51.6 Å². The van der Waals surface area contributed by atoms with Crippen molar-refractivity contribution < 1.29 is 4.74 Å². The summed E-state index contributed by atoms with van der Waals surface area (Å²) in [5, 5.41) is 7.71. The van der Waals surface area contributed by atoms with Gasteiger partial charge in [-0.2, -0.15) is 5.10 Å². The van der Waals surface area contributed by atoms with Crippen LogP contribution in [0.5, 0.6) is 0 Å². The third-order valence-corrected chi connectivity index (χ3v) is 4.82. The minimum absolute atomic E-state index is 0. The fourth-order valence-electron chi connectivity index (χ4n) is 3.51. The molecule has 23 heavy (non-hydrogen) atoms. The Morgan fingerprint density at radius 3 is 3.00 bits per heavy atom. The molecule has 7 heteroatoms. The molecule has 2 fully saturated rings. The summed E-state index contributed by atoms with van der Waals surface area (Å²) < 4.78 is 7.45. The van der Waals surface area contributed by atoms with Crippen LogP contribution in [0.15, 0.2) is 17.4 Å². The zero-order valence-electron chi connectivity index (χ0n) is 14.1. The lowest BCUT2D eigenvalue weighted by atomic mass is 9.87. The number of ether oxygens (including phenoxy) is 1. The topological polar surface area (TPSA) is 54.7 Å². The van der Waals surface area contributed by atoms with Gasteiger partial charge in [-0.3, -0.25) is 9.67 Å². The van der Waals surface area contributed by atoms with Crippen LogP contribution in [0.4, 0.5) is 0 Å². The number of aromatic nitrogens is 2. The van der Waals surface area contributed by atoms with E-state index in [4.69, 9.17) is 4.74 Å². The molecule has 1 aromatic rings. The average molecular weight is 433 g/mol. The molecular weight excluding hydrogens is 405 g/mol. The fraction of sp³-hybridized carbons (Fsp3) is 0.750. The Labute approximate surface area is 155 Å². The number of aryl methyl sites for hydroxylation is 2. The number of hydrogen-bond donors (Lipinski definition) is 1. The molecule has 1 atom stereocenters. The molecule has 6 nitrogen and oxygen atoms in total. The quantitative estimate of drug-likeness (QED) is 0.340. The number of hydrogen-bond acceptors (Lipinski definition) is 3. The van der Waals surface area contributed by atoms with Crippen molar-refractivity contribution in [2.45, 2.75) is 25.7 Å². The standard InChI is InChI=1S/C16H27N5O.HI/c1-17-15(18-7-3-4-14-10-19-20(2)11-14)21-8-5-16(12-21)6-9-22-13-16;/h10-11H,3-9,12-13H2,1-2H3,(H,17,18);1H. The maximum Gasteiger partial charge on any atom is 0.193 e. The molecule has 3 rings (SSSR count). The Morgan fingerprint density at radius 1 is 1.48 bits per heavy atom. The van der Waals surface area contributed by atoms with E-state index < -0.39 is 0 Å². The number of halogens is 1. The molecule has 0 bridgehead atoms. The van der Waals surface area contributed by atoms with Gasteiger partial charge in [0.05, 0.1) is 12.8 Å². The van der Waals surface area contributed by atoms with Crippen molar-refractivity contribution in [3.05, 3.63) is 18.0 Å². The van der Waals surface area contributed by atoms with Crippen LogP contribution in [0.25, 0.3) is 0 Å². The molecule has 2 aliphatic rings. The summed E-state index contributed by atoms with van der Waals surface area (Å²) in [4.78, 5) is 6.84. The number of nitrogens with one attached hydrogen (secondary N) is 1. The van der Waals surface area contributed by atoms with Crippen molar-refractivity contribution in [2.24, 2.45) is 17.5 Å². The van der Waals surface area contributed by atoms with Gasteiger partial charge in [0.1, 0.15) is 0 Å². The summed E-state index contributed by atoms with van der Waals surface area (Å²) in [7, 11) is 3.83. The monoisotopic (exact) mass is 433 g/mol. The Balaban J connectivity index is 0.00000192. The lowest BCUT2D eigenvalue weighted by Gasteiger charge is -2.24. The van der Waals surface area contributed by atoms with Gasteiger partial charge in [0, 0.05) is 51.9 Å². The minimum Gasteiger partial charge on any atom is -0.381 e. The molecule has 1 unspecified atom stereocenters. The second-order valence-electron chi connectivity index (χ2n) is 6.57. The third kappa shape index (κ3) is 4.59. The summed E-state index contributed by atoms with van der Waals surface area (Å²) in [6.07, 6.45) is 8.59. The largest absolute Gasteiger partial charge is 0.381 e. The normalized spacial score (nSPS) is 24.3. The maximum atomic E-state index is 5.60. The van der Waals surface area contributed by atoms with Gasteiger partial charge < -0.3 is 15.0 Å². The Kier molecular flexibility index (Phi) is 6.70. The molecule has 0 amide bonds. The van der Waals surface area contributed by atoms with Crippen LogP contribution >= 0.6 is 24.0 Å². The van der Waals surface area contributed by atoms with Gasteiger partial charge in [0.25, 0.3) is 0 Å². The first-order valence-corrected chi connectivity index (χ1v) is 8.22. The predicted octanol–water partition coefficient (Wildman–Crippen LogP) is 1.66. The van der Waals surface area contributed by atoms with Crippen LogP contribution in [0.1, 0.15) is 24.8 Å². The van der Waals surface area contributed by atoms with E-state index in [9.17, 15) is 0 Å². The van der Waals surface area contributed by atoms with Gasteiger partial charge in [0.2, 0.25) is 0 Å². The van der Waals surface area contributed by atoms with Crippen molar-refractivity contribution >= 4 is 29.9 Å². The molecule has 3 heterocycles. The molecule has 0 saturated carbocycles. The van der Waals surface area contributed by atoms with Gasteiger partial charge in [0.15, 0.2) is 5.96 Å². The number of rotatable bonds is 4.